The third kappa shape index (κ3) is 17.5. The number of carbonyl (C=O) groups is 2. The largest absolute Gasteiger partial charge is 0.463 e. The molecule has 0 heterocycles. The predicted octanol–water partition coefficient (Wildman–Crippen LogP) is 6.38. The molecule has 1 atom stereocenters. The topological polar surface area (TPSA) is 43.4 Å². The van der Waals surface area contributed by atoms with E-state index >= 15 is 0 Å². The van der Waals surface area contributed by atoms with Crippen LogP contribution in [-0.2, 0) is 14.3 Å². The summed E-state index contributed by atoms with van der Waals surface area (Å²) in [5.41, 5.74) is 0. The van der Waals surface area contributed by atoms with Crippen molar-refractivity contribution in [3.05, 3.63) is 0 Å². The van der Waals surface area contributed by atoms with Gasteiger partial charge >= 0.3 is 5.97 Å². The van der Waals surface area contributed by atoms with Crippen molar-refractivity contribution in [3.8, 4) is 0 Å². The molecule has 24 heavy (non-hydrogen) atoms. The van der Waals surface area contributed by atoms with Gasteiger partial charge in [-0.3, -0.25) is 4.79 Å². The summed E-state index contributed by atoms with van der Waals surface area (Å²) in [5, 5.41) is 0. The number of ether oxygens (including phenoxy) is 1. The minimum atomic E-state index is -0.143. The van der Waals surface area contributed by atoms with Crippen LogP contribution in [0, 0.1) is 0 Å². The second-order valence-corrected chi connectivity index (χ2v) is 7.15. The highest BCUT2D eigenvalue weighted by molar-refractivity contribution is 5.75. The molecule has 0 saturated carbocycles. The molecule has 0 aromatic carbocycles. The van der Waals surface area contributed by atoms with E-state index in [2.05, 4.69) is 6.92 Å². The minimum Gasteiger partial charge on any atom is -0.463 e. The van der Waals surface area contributed by atoms with E-state index in [1.54, 1.807) is 6.92 Å². The average Bonchev–Trinajstić information content (AvgIpc) is 2.52. The second-order valence-electron chi connectivity index (χ2n) is 7.15. The molecule has 0 amide bonds. The normalized spacial score (nSPS) is 12.1. The Morgan fingerprint density at radius 1 is 0.708 bits per heavy atom. The lowest BCUT2D eigenvalue weighted by Gasteiger charge is -2.17. The molecule has 3 nitrogen and oxygen atoms in total. The van der Waals surface area contributed by atoms with E-state index in [4.69, 9.17) is 4.74 Å². The average molecular weight is 341 g/mol. The fourth-order valence-corrected chi connectivity index (χ4v) is 3.10. The van der Waals surface area contributed by atoms with E-state index in [0.29, 0.717) is 5.78 Å². The van der Waals surface area contributed by atoms with E-state index in [1.165, 1.54) is 64.7 Å². The smallest absolute Gasteiger partial charge is 0.302 e. The van der Waals surface area contributed by atoms with Crippen LogP contribution in [0.15, 0.2) is 0 Å². The van der Waals surface area contributed by atoms with Crippen molar-refractivity contribution in [1.29, 1.82) is 0 Å². The summed E-state index contributed by atoms with van der Waals surface area (Å²) in [6.07, 6.45) is 17.5. The summed E-state index contributed by atoms with van der Waals surface area (Å²) in [7, 11) is 0. The van der Waals surface area contributed by atoms with E-state index in [9.17, 15) is 9.59 Å². The Morgan fingerprint density at radius 2 is 1.17 bits per heavy atom. The number of ketones is 1. The van der Waals surface area contributed by atoms with E-state index in [0.717, 1.165) is 38.5 Å². The molecule has 0 rings (SSSR count). The first-order chi connectivity index (χ1) is 11.6. The van der Waals surface area contributed by atoms with Crippen molar-refractivity contribution >= 4 is 11.8 Å². The molecule has 0 aliphatic rings. The first-order valence-corrected chi connectivity index (χ1v) is 10.2. The monoisotopic (exact) mass is 340 g/mol. The molecule has 0 bridgehead atoms. The molecule has 0 radical (unpaired) electrons. The summed E-state index contributed by atoms with van der Waals surface area (Å²) < 4.78 is 5.47. The molecule has 0 aromatic heterocycles. The highest BCUT2D eigenvalue weighted by Crippen LogP contribution is 2.17. The summed E-state index contributed by atoms with van der Waals surface area (Å²) in [6.45, 7) is 5.42. The molecule has 0 fully saturated rings. The molecule has 1 unspecified atom stereocenters. The van der Waals surface area contributed by atoms with Crippen molar-refractivity contribution in [1.82, 2.24) is 0 Å². The number of hydrogen-bond acceptors (Lipinski definition) is 3. The van der Waals surface area contributed by atoms with E-state index in [1.807, 2.05) is 0 Å². The summed E-state index contributed by atoms with van der Waals surface area (Å²) in [5.74, 6) is 0.157. The van der Waals surface area contributed by atoms with Gasteiger partial charge < -0.3 is 9.53 Å². The molecule has 0 N–H and O–H groups in total. The zero-order chi connectivity index (χ0) is 18.0. The van der Waals surface area contributed by atoms with Crippen LogP contribution in [0.3, 0.4) is 0 Å². The van der Waals surface area contributed by atoms with Crippen molar-refractivity contribution in [3.63, 3.8) is 0 Å². The molecule has 0 aliphatic heterocycles. The number of unbranched alkanes of at least 4 members (excludes halogenated alkanes) is 10. The van der Waals surface area contributed by atoms with Gasteiger partial charge in [0, 0.05) is 13.3 Å². The van der Waals surface area contributed by atoms with Crippen LogP contribution in [-0.4, -0.2) is 17.9 Å². The molecule has 3 heteroatoms. The maximum absolute atomic E-state index is 11.2. The van der Waals surface area contributed by atoms with Crippen LogP contribution >= 0.6 is 0 Å². The third-order valence-electron chi connectivity index (χ3n) is 4.52. The first kappa shape index (κ1) is 23.1. The van der Waals surface area contributed by atoms with E-state index in [-0.39, 0.29) is 12.1 Å². The Hall–Kier alpha value is -0.860. The Balaban J connectivity index is 3.64. The van der Waals surface area contributed by atoms with Gasteiger partial charge in [-0.2, -0.15) is 0 Å². The Morgan fingerprint density at radius 3 is 1.62 bits per heavy atom. The van der Waals surface area contributed by atoms with Gasteiger partial charge in [0.2, 0.25) is 0 Å². The Bertz CT molecular complexity index is 312. The van der Waals surface area contributed by atoms with Gasteiger partial charge in [-0.15, -0.1) is 0 Å². The molecule has 0 spiro atoms. The second kappa shape index (κ2) is 17.0. The molecule has 0 saturated heterocycles. The molecular weight excluding hydrogens is 300 g/mol. The SMILES string of the molecule is CCCCCCCCC(CCCCCCCCC(C)=O)OC(C)=O. The third-order valence-corrected chi connectivity index (χ3v) is 4.52. The van der Waals surface area contributed by atoms with Gasteiger partial charge in [-0.1, -0.05) is 64.7 Å². The zero-order valence-electron chi connectivity index (χ0n) is 16.4. The fraction of sp³-hybridized carbons (Fsp3) is 0.905. The summed E-state index contributed by atoms with van der Waals surface area (Å²) in [6, 6.07) is 0. The quantitative estimate of drug-likeness (QED) is 0.228. The van der Waals surface area contributed by atoms with Crippen molar-refractivity contribution < 1.29 is 14.3 Å². The Kier molecular flexibility index (Phi) is 16.4. The number of carbonyl (C=O) groups excluding carboxylic acids is 2. The zero-order valence-corrected chi connectivity index (χ0v) is 16.4. The van der Waals surface area contributed by atoms with Crippen LogP contribution in [0.4, 0.5) is 0 Å². The van der Waals surface area contributed by atoms with Crippen molar-refractivity contribution in [2.45, 2.75) is 123 Å². The van der Waals surface area contributed by atoms with Gasteiger partial charge in [-0.25, -0.2) is 0 Å². The lowest BCUT2D eigenvalue weighted by molar-refractivity contribution is -0.147. The Labute approximate surface area is 149 Å². The van der Waals surface area contributed by atoms with Gasteiger partial charge in [0.1, 0.15) is 11.9 Å². The van der Waals surface area contributed by atoms with Crippen LogP contribution in [0.25, 0.3) is 0 Å². The van der Waals surface area contributed by atoms with Gasteiger partial charge in [0.25, 0.3) is 0 Å². The van der Waals surface area contributed by atoms with Crippen LogP contribution in [0.5, 0.6) is 0 Å². The molecule has 142 valence electrons. The van der Waals surface area contributed by atoms with Gasteiger partial charge in [-0.05, 0) is 39.0 Å². The maximum atomic E-state index is 11.2. The molecule has 0 aliphatic carbocycles. The fourth-order valence-electron chi connectivity index (χ4n) is 3.10. The van der Waals surface area contributed by atoms with Crippen LogP contribution in [0.2, 0.25) is 0 Å². The standard InChI is InChI=1S/C21H40O3/c1-4-5-6-7-11-14-17-21(24-20(3)23)18-15-12-9-8-10-13-16-19(2)22/h21H,4-18H2,1-3H3. The van der Waals surface area contributed by atoms with Crippen LogP contribution < -0.4 is 0 Å². The maximum Gasteiger partial charge on any atom is 0.302 e. The number of Topliss-reactive ketones (excluding diaryl/α,β-unsaturated/α-hetero) is 1. The van der Waals surface area contributed by atoms with E-state index < -0.39 is 0 Å². The van der Waals surface area contributed by atoms with Crippen molar-refractivity contribution in [2.24, 2.45) is 0 Å². The lowest BCUT2D eigenvalue weighted by atomic mass is 10.0. The highest BCUT2D eigenvalue weighted by atomic mass is 16.5. The lowest BCUT2D eigenvalue weighted by Crippen LogP contribution is -2.16. The minimum absolute atomic E-state index is 0.117. The van der Waals surface area contributed by atoms with Crippen LogP contribution in [0.1, 0.15) is 117 Å². The molecule has 0 aromatic rings. The number of hydrogen-bond donors (Lipinski definition) is 0. The first-order valence-electron chi connectivity index (χ1n) is 10.2. The van der Waals surface area contributed by atoms with Gasteiger partial charge in [0.05, 0.1) is 0 Å². The number of rotatable bonds is 17. The predicted molar refractivity (Wildman–Crippen MR) is 101 cm³/mol. The highest BCUT2D eigenvalue weighted by Gasteiger charge is 2.11. The van der Waals surface area contributed by atoms with Crippen molar-refractivity contribution in [2.75, 3.05) is 0 Å². The summed E-state index contributed by atoms with van der Waals surface area (Å²) in [4.78, 5) is 22.1. The molecular formula is C21H40O3. The van der Waals surface area contributed by atoms with Gasteiger partial charge in [0.15, 0.2) is 0 Å². The summed E-state index contributed by atoms with van der Waals surface area (Å²) >= 11 is 0. The number of esters is 1.